The first kappa shape index (κ1) is 20.8. The van der Waals surface area contributed by atoms with E-state index < -0.39 is 45.0 Å². The van der Waals surface area contributed by atoms with Crippen LogP contribution in [0.3, 0.4) is 0 Å². The zero-order valence-electron chi connectivity index (χ0n) is 15.0. The van der Waals surface area contributed by atoms with Gasteiger partial charge in [0.2, 0.25) is 0 Å². The van der Waals surface area contributed by atoms with Gasteiger partial charge in [-0.05, 0) is 18.9 Å². The van der Waals surface area contributed by atoms with Gasteiger partial charge in [-0.3, -0.25) is 14.9 Å². The van der Waals surface area contributed by atoms with Crippen molar-refractivity contribution in [2.45, 2.75) is 32.2 Å². The standard InChI is InChI=1S/C17H22N2O7S/c1-2-3-9-18(13-8-10-27(24,25)12-13)16(20)11-26-17(21)14-6-4-5-7-15(14)19(22)23/h4-7,13H,2-3,8-12H2,1H3/t13-/m0/s1. The molecular weight excluding hydrogens is 376 g/mol. The molecule has 0 aromatic heterocycles. The van der Waals surface area contributed by atoms with Crippen molar-refractivity contribution in [3.8, 4) is 0 Å². The predicted octanol–water partition coefficient (Wildman–Crippen LogP) is 1.57. The lowest BCUT2D eigenvalue weighted by Crippen LogP contribution is -2.43. The number of hydrogen-bond donors (Lipinski definition) is 0. The van der Waals surface area contributed by atoms with Gasteiger partial charge in [-0.2, -0.15) is 0 Å². The summed E-state index contributed by atoms with van der Waals surface area (Å²) in [5.41, 5.74) is -0.640. The topological polar surface area (TPSA) is 124 Å². The number of ether oxygens (including phenoxy) is 1. The molecule has 10 heteroatoms. The summed E-state index contributed by atoms with van der Waals surface area (Å²) < 4.78 is 28.4. The summed E-state index contributed by atoms with van der Waals surface area (Å²) in [5.74, 6) is -1.54. The van der Waals surface area contributed by atoms with Gasteiger partial charge in [0.1, 0.15) is 5.56 Å². The summed E-state index contributed by atoms with van der Waals surface area (Å²) in [6, 6.07) is 4.88. The summed E-state index contributed by atoms with van der Waals surface area (Å²) in [6.07, 6.45) is 1.87. The third kappa shape index (κ3) is 5.49. The Morgan fingerprint density at radius 1 is 1.33 bits per heavy atom. The molecule has 1 aliphatic rings. The molecule has 0 spiro atoms. The zero-order valence-corrected chi connectivity index (χ0v) is 15.8. The van der Waals surface area contributed by atoms with Crippen LogP contribution < -0.4 is 0 Å². The first-order valence-corrected chi connectivity index (χ1v) is 10.5. The highest BCUT2D eigenvalue weighted by molar-refractivity contribution is 7.91. The summed E-state index contributed by atoms with van der Waals surface area (Å²) >= 11 is 0. The molecule has 1 amide bonds. The number of para-hydroxylation sites is 1. The number of carbonyl (C=O) groups excluding carboxylic acids is 2. The van der Waals surface area contributed by atoms with Gasteiger partial charge in [0.05, 0.1) is 16.4 Å². The van der Waals surface area contributed by atoms with Crippen molar-refractivity contribution in [3.63, 3.8) is 0 Å². The molecule has 1 aliphatic heterocycles. The van der Waals surface area contributed by atoms with Gasteiger partial charge < -0.3 is 9.64 Å². The lowest BCUT2D eigenvalue weighted by atomic mass is 10.2. The Bertz CT molecular complexity index is 822. The minimum absolute atomic E-state index is 0.0313. The molecule has 1 saturated heterocycles. The van der Waals surface area contributed by atoms with Crippen molar-refractivity contribution in [1.82, 2.24) is 4.90 Å². The predicted molar refractivity (Wildman–Crippen MR) is 97.1 cm³/mol. The SMILES string of the molecule is CCCCN(C(=O)COC(=O)c1ccccc1[N+](=O)[O-])[C@H]1CCS(=O)(=O)C1. The van der Waals surface area contributed by atoms with E-state index in [9.17, 15) is 28.1 Å². The molecule has 0 radical (unpaired) electrons. The molecule has 9 nitrogen and oxygen atoms in total. The highest BCUT2D eigenvalue weighted by Gasteiger charge is 2.34. The van der Waals surface area contributed by atoms with E-state index in [1.807, 2.05) is 6.92 Å². The number of unbranched alkanes of at least 4 members (excludes halogenated alkanes) is 1. The molecule has 1 aromatic rings. The fraction of sp³-hybridized carbons (Fsp3) is 0.529. The number of carbonyl (C=O) groups is 2. The number of esters is 1. The van der Waals surface area contributed by atoms with Gasteiger partial charge in [-0.1, -0.05) is 25.5 Å². The highest BCUT2D eigenvalue weighted by Crippen LogP contribution is 2.20. The number of sulfone groups is 1. The van der Waals surface area contributed by atoms with Gasteiger partial charge in [-0.15, -0.1) is 0 Å². The van der Waals surface area contributed by atoms with Crippen molar-refractivity contribution in [1.29, 1.82) is 0 Å². The highest BCUT2D eigenvalue weighted by atomic mass is 32.2. The van der Waals surface area contributed by atoms with Crippen LogP contribution in [0.4, 0.5) is 5.69 Å². The van der Waals surface area contributed by atoms with Gasteiger partial charge in [-0.25, -0.2) is 13.2 Å². The minimum atomic E-state index is -3.17. The van der Waals surface area contributed by atoms with Crippen LogP contribution in [-0.2, 0) is 19.4 Å². The average molecular weight is 398 g/mol. The smallest absolute Gasteiger partial charge is 0.345 e. The van der Waals surface area contributed by atoms with E-state index in [-0.39, 0.29) is 17.1 Å². The minimum Gasteiger partial charge on any atom is -0.452 e. The molecule has 1 heterocycles. The summed E-state index contributed by atoms with van der Waals surface area (Å²) in [5, 5.41) is 11.0. The van der Waals surface area contributed by atoms with E-state index >= 15 is 0 Å². The maximum Gasteiger partial charge on any atom is 0.345 e. The van der Waals surface area contributed by atoms with Crippen LogP contribution in [0.2, 0.25) is 0 Å². The lowest BCUT2D eigenvalue weighted by molar-refractivity contribution is -0.385. The normalized spacial score (nSPS) is 18.0. The fourth-order valence-electron chi connectivity index (χ4n) is 2.95. The first-order chi connectivity index (χ1) is 12.7. The second-order valence-corrected chi connectivity index (χ2v) is 8.58. The van der Waals surface area contributed by atoms with Crippen LogP contribution in [0.5, 0.6) is 0 Å². The lowest BCUT2D eigenvalue weighted by Gasteiger charge is -2.28. The second-order valence-electron chi connectivity index (χ2n) is 6.35. The third-order valence-electron chi connectivity index (χ3n) is 4.37. The van der Waals surface area contributed by atoms with Crippen LogP contribution in [0.1, 0.15) is 36.5 Å². The Morgan fingerprint density at radius 3 is 2.63 bits per heavy atom. The molecule has 1 atom stereocenters. The largest absolute Gasteiger partial charge is 0.452 e. The monoisotopic (exact) mass is 398 g/mol. The van der Waals surface area contributed by atoms with E-state index in [0.717, 1.165) is 6.42 Å². The molecule has 0 saturated carbocycles. The zero-order chi connectivity index (χ0) is 20.0. The number of hydrogen-bond acceptors (Lipinski definition) is 7. The molecule has 2 rings (SSSR count). The maximum atomic E-state index is 12.5. The van der Waals surface area contributed by atoms with Crippen LogP contribution in [0.15, 0.2) is 24.3 Å². The van der Waals surface area contributed by atoms with Crippen molar-refractivity contribution >= 4 is 27.4 Å². The van der Waals surface area contributed by atoms with Crippen molar-refractivity contribution in [3.05, 3.63) is 39.9 Å². The van der Waals surface area contributed by atoms with Gasteiger partial charge >= 0.3 is 5.97 Å². The molecule has 0 bridgehead atoms. The second kappa shape index (κ2) is 8.94. The first-order valence-electron chi connectivity index (χ1n) is 8.65. The third-order valence-corrected chi connectivity index (χ3v) is 6.12. The fourth-order valence-corrected chi connectivity index (χ4v) is 4.68. The maximum absolute atomic E-state index is 12.5. The molecule has 27 heavy (non-hydrogen) atoms. The van der Waals surface area contributed by atoms with Crippen LogP contribution in [0, 0.1) is 10.1 Å². The number of nitrogens with zero attached hydrogens (tertiary/aromatic N) is 2. The number of nitro groups is 1. The molecule has 0 aliphatic carbocycles. The molecule has 148 valence electrons. The molecular formula is C17H22N2O7S. The van der Waals surface area contributed by atoms with Crippen molar-refractivity contribution in [2.24, 2.45) is 0 Å². The number of amides is 1. The Morgan fingerprint density at radius 2 is 2.04 bits per heavy atom. The Balaban J connectivity index is 2.05. The Kier molecular flexibility index (Phi) is 6.89. The number of nitro benzene ring substituents is 1. The van der Waals surface area contributed by atoms with Crippen LogP contribution >= 0.6 is 0 Å². The van der Waals surface area contributed by atoms with E-state index in [1.165, 1.54) is 29.2 Å². The Labute approximate surface area is 157 Å². The van der Waals surface area contributed by atoms with E-state index in [4.69, 9.17) is 4.74 Å². The Hall–Kier alpha value is -2.49. The molecule has 1 fully saturated rings. The van der Waals surface area contributed by atoms with Crippen molar-refractivity contribution < 1.29 is 27.7 Å². The van der Waals surface area contributed by atoms with Gasteiger partial charge in [0.15, 0.2) is 16.4 Å². The molecule has 0 unspecified atom stereocenters. The quantitative estimate of drug-likeness (QED) is 0.370. The summed E-state index contributed by atoms with van der Waals surface area (Å²) in [7, 11) is -3.17. The van der Waals surface area contributed by atoms with Gasteiger partial charge in [0, 0.05) is 18.7 Å². The van der Waals surface area contributed by atoms with E-state index in [2.05, 4.69) is 0 Å². The average Bonchev–Trinajstić information content (AvgIpc) is 2.99. The van der Waals surface area contributed by atoms with E-state index in [0.29, 0.717) is 19.4 Å². The molecule has 1 aromatic carbocycles. The van der Waals surface area contributed by atoms with Crippen LogP contribution in [0.25, 0.3) is 0 Å². The summed E-state index contributed by atoms with van der Waals surface area (Å²) in [6.45, 7) is 1.73. The van der Waals surface area contributed by atoms with Gasteiger partial charge in [0.25, 0.3) is 11.6 Å². The van der Waals surface area contributed by atoms with E-state index in [1.54, 1.807) is 0 Å². The summed E-state index contributed by atoms with van der Waals surface area (Å²) in [4.78, 5) is 36.4. The van der Waals surface area contributed by atoms with Crippen LogP contribution in [-0.4, -0.2) is 60.8 Å². The van der Waals surface area contributed by atoms with Crippen molar-refractivity contribution in [2.75, 3.05) is 24.7 Å². The number of rotatable bonds is 8. The number of benzene rings is 1. The molecule has 0 N–H and O–H groups in total.